The predicted octanol–water partition coefficient (Wildman–Crippen LogP) is 1.31. The van der Waals surface area contributed by atoms with E-state index < -0.39 is 0 Å². The van der Waals surface area contributed by atoms with Crippen LogP contribution in [0.4, 0.5) is 0 Å². The molecule has 0 aliphatic rings. The Bertz CT molecular complexity index is 12.3. The Balaban J connectivity index is 0. The molecule has 0 N–H and O–H groups in total. The summed E-state index contributed by atoms with van der Waals surface area (Å²) in [5, 5.41) is 0. The molecule has 0 aromatic rings. The zero-order valence-corrected chi connectivity index (χ0v) is 9.89. The van der Waals surface area contributed by atoms with Crippen molar-refractivity contribution in [3.63, 3.8) is 0 Å². The third-order valence-electron chi connectivity index (χ3n) is 0. The standard InChI is InChI=1S/C3H9Si.CH3.Bi.H/c1-4(2)3;;;/h1-3H3;1H3;;. The van der Waals surface area contributed by atoms with Gasteiger partial charge in [0.25, 0.3) is 0 Å². The van der Waals surface area contributed by atoms with Crippen LogP contribution in [-0.4, -0.2) is 33.5 Å². The van der Waals surface area contributed by atoms with Crippen LogP contribution >= 0.6 is 0 Å². The molecule has 0 unspecified atom stereocenters. The first-order chi connectivity index (χ1) is 2.73. The van der Waals surface area contributed by atoms with Crippen molar-refractivity contribution in [1.82, 2.24) is 0 Å². The summed E-state index contributed by atoms with van der Waals surface area (Å²) in [6, 6.07) is 0. The summed E-state index contributed by atoms with van der Waals surface area (Å²) in [7, 11) is 0.120. The molecule has 0 saturated heterocycles. The Morgan fingerprint density at radius 3 is 1.00 bits per heavy atom. The van der Waals surface area contributed by atoms with E-state index in [-0.39, 0.29) is 8.80 Å². The van der Waals surface area contributed by atoms with Gasteiger partial charge in [-0.15, -0.1) is 0 Å². The molecule has 0 aliphatic heterocycles. The fourth-order valence-corrected chi connectivity index (χ4v) is 0. The van der Waals surface area contributed by atoms with Gasteiger partial charge in [0.05, 0.1) is 0 Å². The molecular weight excluding hydrogens is 285 g/mol. The molecule has 6 heavy (non-hydrogen) atoms. The maximum atomic E-state index is 2.27. The van der Waals surface area contributed by atoms with E-state index in [1.165, 1.54) is 24.7 Å². The Morgan fingerprint density at radius 1 is 1.00 bits per heavy atom. The second-order valence-corrected chi connectivity index (χ2v) is 4.50. The van der Waals surface area contributed by atoms with Crippen molar-refractivity contribution >= 4 is 33.5 Å². The van der Waals surface area contributed by atoms with Crippen molar-refractivity contribution in [2.75, 3.05) is 0 Å². The minimum atomic E-state index is 0.120. The van der Waals surface area contributed by atoms with Gasteiger partial charge in [-0.2, -0.15) is 0 Å². The maximum absolute atomic E-state index is 2.27. The van der Waals surface area contributed by atoms with Gasteiger partial charge >= 0.3 is 29.4 Å². The number of hydrogen-bond acceptors (Lipinski definition) is 0. The van der Waals surface area contributed by atoms with E-state index in [0.29, 0.717) is 0 Å². The molecule has 0 atom stereocenters. The molecule has 0 heterocycles. The monoisotopic (exact) mass is 298 g/mol. The normalized spacial score (nSPS) is 7.00. The summed E-state index contributed by atoms with van der Waals surface area (Å²) in [5.74, 6) is 0. The van der Waals surface area contributed by atoms with Gasteiger partial charge in [-0.05, 0) is 0 Å². The number of hydrogen-bond donors (Lipinski definition) is 0. The predicted molar refractivity (Wildman–Crippen MR) is 36.4 cm³/mol. The topological polar surface area (TPSA) is 0 Å². The average molecular weight is 298 g/mol. The molecule has 0 rings (SSSR count). The van der Waals surface area contributed by atoms with E-state index >= 15 is 0 Å². The van der Waals surface area contributed by atoms with E-state index in [2.05, 4.69) is 24.3 Å². The average Bonchev–Trinajstić information content (AvgIpc) is 1.41. The van der Waals surface area contributed by atoms with Crippen LogP contribution in [0, 0.1) is 0 Å². The van der Waals surface area contributed by atoms with E-state index in [9.17, 15) is 0 Å². The van der Waals surface area contributed by atoms with Crippen LogP contribution in [0.3, 0.4) is 0 Å². The SMILES string of the molecule is C[Si](C)C.[CH3][BiH]. The molecule has 0 fully saturated rings. The van der Waals surface area contributed by atoms with E-state index in [1.807, 2.05) is 0 Å². The molecule has 0 bridgehead atoms. The zero-order chi connectivity index (χ0) is 5.58. The third kappa shape index (κ3) is 70.9. The molecule has 0 spiro atoms. The second-order valence-electron chi connectivity index (χ2n) is 1.50. The van der Waals surface area contributed by atoms with Crippen LogP contribution in [0.2, 0.25) is 24.3 Å². The quantitative estimate of drug-likeness (QED) is 0.592. The van der Waals surface area contributed by atoms with Crippen LogP contribution in [0.15, 0.2) is 0 Å². The first-order valence-corrected chi connectivity index (χ1v) is 8.89. The Kier molecular flexibility index (Phi) is 16.0. The first-order valence-electron chi connectivity index (χ1n) is 2.00. The summed E-state index contributed by atoms with van der Waals surface area (Å²) < 4.78 is 2.14. The third-order valence-corrected chi connectivity index (χ3v) is 0. The van der Waals surface area contributed by atoms with E-state index in [1.54, 1.807) is 0 Å². The Morgan fingerprint density at radius 2 is 1.00 bits per heavy atom. The first kappa shape index (κ1) is 10.2. The zero-order valence-electron chi connectivity index (χ0n) is 5.00. The molecule has 38 valence electrons. The summed E-state index contributed by atoms with van der Waals surface area (Å²) >= 11 is 1.31. The summed E-state index contributed by atoms with van der Waals surface area (Å²) in [4.78, 5) is 0. The van der Waals surface area contributed by atoms with Crippen molar-refractivity contribution in [3.05, 3.63) is 0 Å². The van der Waals surface area contributed by atoms with Gasteiger partial charge in [0.15, 0.2) is 0 Å². The fourth-order valence-electron chi connectivity index (χ4n) is 0. The van der Waals surface area contributed by atoms with Crippen LogP contribution in [0.25, 0.3) is 0 Å². The summed E-state index contributed by atoms with van der Waals surface area (Å²) in [5.41, 5.74) is 0. The van der Waals surface area contributed by atoms with Crippen molar-refractivity contribution in [1.29, 1.82) is 0 Å². The molecule has 2 heteroatoms. The van der Waals surface area contributed by atoms with Crippen molar-refractivity contribution < 1.29 is 0 Å². The Hall–Kier alpha value is 1.10. The fraction of sp³-hybridized carbons (Fsp3) is 1.00. The van der Waals surface area contributed by atoms with Crippen molar-refractivity contribution in [3.8, 4) is 0 Å². The summed E-state index contributed by atoms with van der Waals surface area (Å²) in [6.07, 6.45) is 0. The molecule has 0 amide bonds. The second kappa shape index (κ2) is 9.44. The minimum absolute atomic E-state index is 0.120. The molecule has 2 radical (unpaired) electrons. The summed E-state index contributed by atoms with van der Waals surface area (Å²) in [6.45, 7) is 6.81. The van der Waals surface area contributed by atoms with Crippen LogP contribution in [0.1, 0.15) is 0 Å². The van der Waals surface area contributed by atoms with Crippen molar-refractivity contribution in [2.24, 2.45) is 0 Å². The van der Waals surface area contributed by atoms with Gasteiger partial charge in [0, 0.05) is 8.80 Å². The van der Waals surface area contributed by atoms with E-state index in [4.69, 9.17) is 0 Å². The molecule has 0 aromatic carbocycles. The van der Waals surface area contributed by atoms with E-state index in [0.717, 1.165) is 0 Å². The molecular formula is C4H13BiSi. The van der Waals surface area contributed by atoms with Gasteiger partial charge in [-0.1, -0.05) is 19.6 Å². The van der Waals surface area contributed by atoms with Crippen LogP contribution in [0.5, 0.6) is 0 Å². The van der Waals surface area contributed by atoms with Gasteiger partial charge in [0.2, 0.25) is 0 Å². The number of rotatable bonds is 0. The van der Waals surface area contributed by atoms with Gasteiger partial charge in [-0.3, -0.25) is 0 Å². The van der Waals surface area contributed by atoms with Gasteiger partial charge in [-0.25, -0.2) is 0 Å². The molecule has 0 nitrogen and oxygen atoms in total. The van der Waals surface area contributed by atoms with Crippen LogP contribution in [-0.2, 0) is 0 Å². The Labute approximate surface area is 57.8 Å². The van der Waals surface area contributed by atoms with Gasteiger partial charge < -0.3 is 0 Å². The molecule has 0 aromatic heterocycles. The van der Waals surface area contributed by atoms with Gasteiger partial charge in [0.1, 0.15) is 0 Å². The van der Waals surface area contributed by atoms with Crippen molar-refractivity contribution in [2.45, 2.75) is 24.3 Å². The molecule has 0 aliphatic carbocycles. The molecule has 0 saturated carbocycles. The van der Waals surface area contributed by atoms with Crippen LogP contribution < -0.4 is 0 Å².